The highest BCUT2D eigenvalue weighted by Gasteiger charge is 2.00. The molecule has 0 aliphatic carbocycles. The smallest absolute Gasteiger partial charge is 0.127 e. The zero-order valence-electron chi connectivity index (χ0n) is 7.49. The molecule has 0 atom stereocenters. The lowest BCUT2D eigenvalue weighted by Gasteiger charge is -2.03. The molecule has 0 bridgehead atoms. The van der Waals surface area contributed by atoms with Gasteiger partial charge in [0.1, 0.15) is 5.82 Å². The first-order valence-electron chi connectivity index (χ1n) is 4.30. The molecule has 2 aromatic rings. The molecule has 2 aromatic heterocycles. The largest absolute Gasteiger partial charge is 0.383 e. The summed E-state index contributed by atoms with van der Waals surface area (Å²) in [4.78, 5) is 8.32. The number of rotatable bonds is 1. The van der Waals surface area contributed by atoms with Crippen molar-refractivity contribution in [2.75, 3.05) is 5.73 Å². The van der Waals surface area contributed by atoms with Crippen LogP contribution < -0.4 is 5.73 Å². The second kappa shape index (κ2) is 3.01. The summed E-state index contributed by atoms with van der Waals surface area (Å²) in [5, 5.41) is 1.05. The molecule has 0 spiro atoms. The van der Waals surface area contributed by atoms with Crippen LogP contribution in [0, 0.1) is 0 Å². The van der Waals surface area contributed by atoms with Crippen LogP contribution in [0.1, 0.15) is 12.5 Å². The number of aromatic nitrogens is 2. The molecule has 0 aliphatic rings. The molecule has 0 radical (unpaired) electrons. The highest BCUT2D eigenvalue weighted by Crippen LogP contribution is 2.17. The lowest BCUT2D eigenvalue weighted by Crippen LogP contribution is -1.97. The minimum atomic E-state index is 0.626. The Morgan fingerprint density at radius 2 is 2.31 bits per heavy atom. The zero-order chi connectivity index (χ0) is 9.26. The number of nitrogens with two attached hydrogens (primary N) is 1. The highest BCUT2D eigenvalue weighted by atomic mass is 14.8. The van der Waals surface area contributed by atoms with Gasteiger partial charge in [-0.1, -0.05) is 6.92 Å². The lowest BCUT2D eigenvalue weighted by atomic mass is 10.1. The molecule has 2 rings (SSSR count). The Labute approximate surface area is 76.6 Å². The van der Waals surface area contributed by atoms with E-state index >= 15 is 0 Å². The van der Waals surface area contributed by atoms with Gasteiger partial charge < -0.3 is 5.73 Å². The van der Waals surface area contributed by atoms with E-state index in [1.165, 1.54) is 0 Å². The minimum absolute atomic E-state index is 0.626. The van der Waals surface area contributed by atoms with E-state index in [2.05, 4.69) is 16.9 Å². The van der Waals surface area contributed by atoms with Gasteiger partial charge in [0.05, 0.1) is 5.52 Å². The maximum absolute atomic E-state index is 5.77. The van der Waals surface area contributed by atoms with Crippen molar-refractivity contribution in [3.63, 3.8) is 0 Å². The Kier molecular flexibility index (Phi) is 1.85. The van der Waals surface area contributed by atoms with Crippen molar-refractivity contribution in [2.45, 2.75) is 13.3 Å². The second-order valence-corrected chi connectivity index (χ2v) is 2.95. The minimum Gasteiger partial charge on any atom is -0.383 e. The number of aryl methyl sites for hydroxylation is 1. The van der Waals surface area contributed by atoms with Crippen LogP contribution in [0.15, 0.2) is 24.5 Å². The van der Waals surface area contributed by atoms with E-state index in [9.17, 15) is 0 Å². The van der Waals surface area contributed by atoms with Crippen LogP contribution in [0.25, 0.3) is 10.9 Å². The number of pyridine rings is 2. The molecule has 3 nitrogen and oxygen atoms in total. The second-order valence-electron chi connectivity index (χ2n) is 2.95. The van der Waals surface area contributed by atoms with Crippen molar-refractivity contribution in [1.29, 1.82) is 0 Å². The van der Waals surface area contributed by atoms with Crippen molar-refractivity contribution in [3.05, 3.63) is 30.1 Å². The van der Waals surface area contributed by atoms with E-state index in [0.29, 0.717) is 5.82 Å². The highest BCUT2D eigenvalue weighted by molar-refractivity contribution is 5.80. The zero-order valence-corrected chi connectivity index (χ0v) is 7.49. The van der Waals surface area contributed by atoms with E-state index in [4.69, 9.17) is 5.73 Å². The molecule has 0 aliphatic heterocycles. The van der Waals surface area contributed by atoms with Crippen molar-refractivity contribution >= 4 is 16.7 Å². The number of nitrogens with zero attached hydrogens (tertiary/aromatic N) is 2. The van der Waals surface area contributed by atoms with Gasteiger partial charge in [0, 0.05) is 17.8 Å². The van der Waals surface area contributed by atoms with Gasteiger partial charge in [0.15, 0.2) is 0 Å². The Bertz CT molecular complexity index is 437. The first-order chi connectivity index (χ1) is 6.31. The molecule has 2 N–H and O–H groups in total. The molecule has 0 amide bonds. The van der Waals surface area contributed by atoms with Gasteiger partial charge in [-0.25, -0.2) is 4.98 Å². The topological polar surface area (TPSA) is 51.8 Å². The molecular weight excluding hydrogens is 162 g/mol. The molecular formula is C10H11N3. The van der Waals surface area contributed by atoms with E-state index in [1.54, 1.807) is 12.4 Å². The van der Waals surface area contributed by atoms with Crippen molar-refractivity contribution in [2.24, 2.45) is 0 Å². The Morgan fingerprint density at radius 1 is 1.46 bits per heavy atom. The van der Waals surface area contributed by atoms with Crippen LogP contribution in [-0.2, 0) is 6.42 Å². The van der Waals surface area contributed by atoms with E-state index in [-0.39, 0.29) is 0 Å². The molecule has 0 saturated heterocycles. The van der Waals surface area contributed by atoms with Gasteiger partial charge in [-0.3, -0.25) is 4.98 Å². The van der Waals surface area contributed by atoms with Crippen LogP contribution in [-0.4, -0.2) is 9.97 Å². The van der Waals surface area contributed by atoms with E-state index < -0.39 is 0 Å². The van der Waals surface area contributed by atoms with Gasteiger partial charge in [-0.05, 0) is 24.1 Å². The maximum atomic E-state index is 5.77. The molecule has 0 aromatic carbocycles. The molecule has 0 saturated carbocycles. The summed E-state index contributed by atoms with van der Waals surface area (Å²) < 4.78 is 0. The third-order valence-corrected chi connectivity index (χ3v) is 2.11. The van der Waals surface area contributed by atoms with Gasteiger partial charge in [-0.15, -0.1) is 0 Å². The lowest BCUT2D eigenvalue weighted by molar-refractivity contribution is 1.13. The average molecular weight is 173 g/mol. The average Bonchev–Trinajstić information content (AvgIpc) is 2.17. The molecule has 3 heteroatoms. The van der Waals surface area contributed by atoms with Crippen LogP contribution in [0.2, 0.25) is 0 Å². The van der Waals surface area contributed by atoms with Crippen molar-refractivity contribution in [3.8, 4) is 0 Å². The normalized spacial score (nSPS) is 10.5. The quantitative estimate of drug-likeness (QED) is 0.715. The summed E-state index contributed by atoms with van der Waals surface area (Å²) in [5.74, 6) is 0.626. The fourth-order valence-corrected chi connectivity index (χ4v) is 1.36. The summed E-state index contributed by atoms with van der Waals surface area (Å²) in [7, 11) is 0. The van der Waals surface area contributed by atoms with Crippen LogP contribution in [0.4, 0.5) is 5.82 Å². The van der Waals surface area contributed by atoms with Crippen molar-refractivity contribution < 1.29 is 0 Å². The fourth-order valence-electron chi connectivity index (χ4n) is 1.36. The predicted octanol–water partition coefficient (Wildman–Crippen LogP) is 1.77. The molecule has 0 fully saturated rings. The summed E-state index contributed by atoms with van der Waals surface area (Å²) >= 11 is 0. The van der Waals surface area contributed by atoms with Crippen LogP contribution in [0.5, 0.6) is 0 Å². The number of anilines is 1. The Morgan fingerprint density at radius 3 is 3.08 bits per heavy atom. The van der Waals surface area contributed by atoms with Gasteiger partial charge in [0.2, 0.25) is 0 Å². The SMILES string of the molecule is CCc1cc2cnccc2nc1N. The first kappa shape index (κ1) is 7.98. The molecule has 66 valence electrons. The van der Waals surface area contributed by atoms with Crippen LogP contribution in [0.3, 0.4) is 0 Å². The molecule has 2 heterocycles. The number of hydrogen-bond acceptors (Lipinski definition) is 3. The van der Waals surface area contributed by atoms with Gasteiger partial charge in [0.25, 0.3) is 0 Å². The summed E-state index contributed by atoms with van der Waals surface area (Å²) in [5.41, 5.74) is 7.76. The predicted molar refractivity (Wildman–Crippen MR) is 53.3 cm³/mol. The molecule has 0 unspecified atom stereocenters. The fraction of sp³-hybridized carbons (Fsp3) is 0.200. The molecule has 13 heavy (non-hydrogen) atoms. The monoisotopic (exact) mass is 173 g/mol. The summed E-state index contributed by atoms with van der Waals surface area (Å²) in [6, 6.07) is 3.91. The number of fused-ring (bicyclic) bond motifs is 1. The Balaban J connectivity index is 2.74. The van der Waals surface area contributed by atoms with Crippen molar-refractivity contribution in [1.82, 2.24) is 9.97 Å². The summed E-state index contributed by atoms with van der Waals surface area (Å²) in [6.45, 7) is 2.07. The Hall–Kier alpha value is -1.64. The first-order valence-corrected chi connectivity index (χ1v) is 4.30. The van der Waals surface area contributed by atoms with Crippen LogP contribution >= 0.6 is 0 Å². The maximum Gasteiger partial charge on any atom is 0.127 e. The van der Waals surface area contributed by atoms with E-state index in [1.807, 2.05) is 12.1 Å². The number of hydrogen-bond donors (Lipinski definition) is 1. The van der Waals surface area contributed by atoms with E-state index in [0.717, 1.165) is 22.9 Å². The number of nitrogen functional groups attached to an aromatic ring is 1. The van der Waals surface area contributed by atoms with Gasteiger partial charge in [-0.2, -0.15) is 0 Å². The van der Waals surface area contributed by atoms with Gasteiger partial charge >= 0.3 is 0 Å². The summed E-state index contributed by atoms with van der Waals surface area (Å²) in [6.07, 6.45) is 4.44. The third kappa shape index (κ3) is 1.33. The third-order valence-electron chi connectivity index (χ3n) is 2.11. The standard InChI is InChI=1S/C10H11N3/c1-2-7-5-8-6-12-4-3-9(8)13-10(7)11/h3-6H,2H2,1H3,(H2,11,13).